The lowest BCUT2D eigenvalue weighted by molar-refractivity contribution is 0.978. The molecule has 0 amide bonds. The summed E-state index contributed by atoms with van der Waals surface area (Å²) in [5, 5.41) is 0. The number of pyridine rings is 1. The van der Waals surface area contributed by atoms with Gasteiger partial charge in [-0.1, -0.05) is 6.07 Å². The summed E-state index contributed by atoms with van der Waals surface area (Å²) in [4.78, 5) is 4.14. The van der Waals surface area contributed by atoms with Crippen LogP contribution in [0.25, 0.3) is 0 Å². The van der Waals surface area contributed by atoms with Crippen molar-refractivity contribution in [3.63, 3.8) is 0 Å². The van der Waals surface area contributed by atoms with E-state index in [-0.39, 0.29) is 0 Å². The maximum Gasteiger partial charge on any atom is 0.106 e. The largest absolute Gasteiger partial charge is 0.327 e. The number of halogens is 1. The minimum Gasteiger partial charge on any atom is -0.327 e. The van der Waals surface area contributed by atoms with Crippen molar-refractivity contribution in [2.45, 2.75) is 18.4 Å². The van der Waals surface area contributed by atoms with Gasteiger partial charge in [-0.2, -0.15) is 0 Å². The summed E-state index contributed by atoms with van der Waals surface area (Å²) in [6, 6.07) is 4.41. The predicted octanol–water partition coefficient (Wildman–Crippen LogP) is 1.66. The van der Waals surface area contributed by atoms with Gasteiger partial charge in [-0.15, -0.1) is 0 Å². The highest BCUT2D eigenvalue weighted by molar-refractivity contribution is 9.10. The number of rotatable bonds is 1. The first-order valence-electron chi connectivity index (χ1n) is 3.64. The molecule has 2 nitrogen and oxygen atoms in total. The van der Waals surface area contributed by atoms with Crippen LogP contribution in [0.3, 0.4) is 0 Å². The zero-order valence-electron chi connectivity index (χ0n) is 6.00. The van der Waals surface area contributed by atoms with E-state index >= 15 is 0 Å². The van der Waals surface area contributed by atoms with E-state index in [2.05, 4.69) is 27.0 Å². The molecule has 1 saturated carbocycles. The molecule has 58 valence electrons. The van der Waals surface area contributed by atoms with Crippen molar-refractivity contribution in [1.29, 1.82) is 0 Å². The van der Waals surface area contributed by atoms with Gasteiger partial charge in [0, 0.05) is 18.2 Å². The second kappa shape index (κ2) is 2.57. The van der Waals surface area contributed by atoms with Crippen LogP contribution in [-0.4, -0.2) is 11.0 Å². The van der Waals surface area contributed by atoms with Gasteiger partial charge in [-0.05, 0) is 34.0 Å². The molecule has 0 aromatic carbocycles. The number of hydrogen-bond acceptors (Lipinski definition) is 2. The summed E-state index contributed by atoms with van der Waals surface area (Å²) in [6.45, 7) is 0. The van der Waals surface area contributed by atoms with Crippen molar-refractivity contribution in [2.24, 2.45) is 5.73 Å². The molecule has 1 aromatic heterocycles. The monoisotopic (exact) mass is 212 g/mol. The predicted molar refractivity (Wildman–Crippen MR) is 47.3 cm³/mol. The summed E-state index contributed by atoms with van der Waals surface area (Å²) in [5.41, 5.74) is 6.96. The molecule has 0 aliphatic heterocycles. The quantitative estimate of drug-likeness (QED) is 0.720. The van der Waals surface area contributed by atoms with Crippen molar-refractivity contribution in [3.8, 4) is 0 Å². The van der Waals surface area contributed by atoms with Crippen LogP contribution in [0.5, 0.6) is 0 Å². The minimum absolute atomic E-state index is 0.373. The van der Waals surface area contributed by atoms with Crippen LogP contribution in [0.1, 0.15) is 17.9 Å². The van der Waals surface area contributed by atoms with Crippen LogP contribution < -0.4 is 5.73 Å². The van der Waals surface area contributed by atoms with E-state index in [0.29, 0.717) is 12.0 Å². The van der Waals surface area contributed by atoms with E-state index in [1.807, 2.05) is 12.3 Å². The first kappa shape index (κ1) is 7.25. The molecule has 0 unspecified atom stereocenters. The number of nitrogens with two attached hydrogens (primary N) is 1. The molecular weight excluding hydrogens is 204 g/mol. The van der Waals surface area contributed by atoms with Crippen LogP contribution in [0.15, 0.2) is 22.9 Å². The van der Waals surface area contributed by atoms with Gasteiger partial charge in [0.25, 0.3) is 0 Å². The van der Waals surface area contributed by atoms with Gasteiger partial charge >= 0.3 is 0 Å². The van der Waals surface area contributed by atoms with Gasteiger partial charge in [0.2, 0.25) is 0 Å². The van der Waals surface area contributed by atoms with Crippen molar-refractivity contribution < 1.29 is 0 Å². The Hall–Kier alpha value is -0.410. The van der Waals surface area contributed by atoms with Crippen molar-refractivity contribution in [2.75, 3.05) is 0 Å². The number of aromatic nitrogens is 1. The minimum atomic E-state index is 0.373. The maximum absolute atomic E-state index is 5.70. The van der Waals surface area contributed by atoms with E-state index in [1.54, 1.807) is 0 Å². The van der Waals surface area contributed by atoms with Crippen LogP contribution in [0, 0.1) is 0 Å². The third-order valence-electron chi connectivity index (χ3n) is 2.02. The van der Waals surface area contributed by atoms with Crippen LogP contribution in [-0.2, 0) is 0 Å². The van der Waals surface area contributed by atoms with E-state index in [9.17, 15) is 0 Å². The molecule has 2 N–H and O–H groups in total. The summed E-state index contributed by atoms with van der Waals surface area (Å²) >= 11 is 3.29. The molecule has 1 fully saturated rings. The lowest BCUT2D eigenvalue weighted by Crippen LogP contribution is -2.00. The van der Waals surface area contributed by atoms with Crippen LogP contribution in [0.4, 0.5) is 0 Å². The normalized spacial score (nSPS) is 28.5. The highest BCUT2D eigenvalue weighted by Gasteiger charge is 2.34. The van der Waals surface area contributed by atoms with Gasteiger partial charge < -0.3 is 5.73 Å². The third kappa shape index (κ3) is 1.44. The molecular formula is C8H9BrN2. The molecule has 0 bridgehead atoms. The summed E-state index contributed by atoms with van der Waals surface area (Å²) in [7, 11) is 0. The smallest absolute Gasteiger partial charge is 0.106 e. The first-order valence-corrected chi connectivity index (χ1v) is 4.43. The average Bonchev–Trinajstić information content (AvgIpc) is 2.69. The highest BCUT2D eigenvalue weighted by atomic mass is 79.9. The van der Waals surface area contributed by atoms with Gasteiger partial charge in [-0.3, -0.25) is 0 Å². The molecule has 2 rings (SSSR count). The fraction of sp³-hybridized carbons (Fsp3) is 0.375. The summed E-state index contributed by atoms with van der Waals surface area (Å²) < 4.78 is 0.885. The zero-order chi connectivity index (χ0) is 7.84. The molecule has 11 heavy (non-hydrogen) atoms. The second-order valence-corrected chi connectivity index (χ2v) is 3.73. The molecule has 3 heteroatoms. The topological polar surface area (TPSA) is 38.9 Å². The Labute approximate surface area is 73.9 Å². The van der Waals surface area contributed by atoms with Crippen molar-refractivity contribution in [3.05, 3.63) is 28.5 Å². The molecule has 0 radical (unpaired) electrons. The lowest BCUT2D eigenvalue weighted by Gasteiger charge is -1.96. The van der Waals surface area contributed by atoms with E-state index in [0.717, 1.165) is 11.0 Å². The van der Waals surface area contributed by atoms with Gasteiger partial charge in [-0.25, -0.2) is 4.98 Å². The standard InChI is InChI=1S/C8H9BrN2/c9-8-2-1-5(4-11-8)6-3-7(6)10/h1-2,4,6-7H,3,10H2/t6-,7-/m0/s1. The molecule has 1 heterocycles. The Bertz CT molecular complexity index is 257. The number of hydrogen-bond donors (Lipinski definition) is 1. The van der Waals surface area contributed by atoms with Crippen molar-refractivity contribution >= 4 is 15.9 Å². The molecule has 1 aliphatic carbocycles. The summed E-state index contributed by atoms with van der Waals surface area (Å²) in [5.74, 6) is 0.565. The fourth-order valence-electron chi connectivity index (χ4n) is 1.20. The van der Waals surface area contributed by atoms with Gasteiger partial charge in [0.1, 0.15) is 4.60 Å². The Balaban J connectivity index is 2.21. The molecule has 1 aliphatic rings. The average molecular weight is 213 g/mol. The number of nitrogens with zero attached hydrogens (tertiary/aromatic N) is 1. The van der Waals surface area contributed by atoms with Crippen LogP contribution >= 0.6 is 15.9 Å². The highest BCUT2D eigenvalue weighted by Crippen LogP contribution is 2.38. The van der Waals surface area contributed by atoms with Gasteiger partial charge in [0.05, 0.1) is 0 Å². The summed E-state index contributed by atoms with van der Waals surface area (Å²) in [6.07, 6.45) is 3.00. The van der Waals surface area contributed by atoms with E-state index in [4.69, 9.17) is 5.73 Å². The van der Waals surface area contributed by atoms with Crippen LogP contribution in [0.2, 0.25) is 0 Å². The Kier molecular flexibility index (Phi) is 1.69. The first-order chi connectivity index (χ1) is 5.27. The van der Waals surface area contributed by atoms with E-state index in [1.165, 1.54) is 5.56 Å². The molecule has 0 saturated heterocycles. The Morgan fingerprint density at radius 1 is 1.55 bits per heavy atom. The Morgan fingerprint density at radius 3 is 2.73 bits per heavy atom. The fourth-order valence-corrected chi connectivity index (χ4v) is 1.44. The van der Waals surface area contributed by atoms with Gasteiger partial charge in [0.15, 0.2) is 0 Å². The maximum atomic E-state index is 5.70. The van der Waals surface area contributed by atoms with E-state index < -0.39 is 0 Å². The molecule has 0 spiro atoms. The second-order valence-electron chi connectivity index (χ2n) is 2.92. The molecule has 2 atom stereocenters. The third-order valence-corrected chi connectivity index (χ3v) is 2.49. The molecule has 1 aromatic rings. The SMILES string of the molecule is N[C@H]1C[C@H]1c1ccc(Br)nc1. The lowest BCUT2D eigenvalue weighted by atomic mass is 10.2. The van der Waals surface area contributed by atoms with Crippen molar-refractivity contribution in [1.82, 2.24) is 4.98 Å². The Morgan fingerprint density at radius 2 is 2.27 bits per heavy atom. The zero-order valence-corrected chi connectivity index (χ0v) is 7.58.